The molecular formula is C23H18FN3O3. The Bertz CT molecular complexity index is 1350. The van der Waals surface area contributed by atoms with E-state index < -0.39 is 11.4 Å². The molecule has 150 valence electrons. The van der Waals surface area contributed by atoms with E-state index in [0.717, 1.165) is 0 Å². The predicted molar refractivity (Wildman–Crippen MR) is 111 cm³/mol. The van der Waals surface area contributed by atoms with Gasteiger partial charge in [0.25, 0.3) is 11.5 Å². The molecule has 0 aliphatic carbocycles. The van der Waals surface area contributed by atoms with Gasteiger partial charge >= 0.3 is 5.56 Å². The van der Waals surface area contributed by atoms with Gasteiger partial charge in [-0.05, 0) is 42.5 Å². The number of hydrogen-bond donors (Lipinski definition) is 1. The van der Waals surface area contributed by atoms with Crippen LogP contribution in [-0.2, 0) is 6.54 Å². The van der Waals surface area contributed by atoms with E-state index >= 15 is 0 Å². The molecule has 1 amide bonds. The number of carbonyl (C=O) groups is 1. The Kier molecular flexibility index (Phi) is 5.26. The van der Waals surface area contributed by atoms with E-state index in [1.165, 1.54) is 10.6 Å². The highest BCUT2D eigenvalue weighted by atomic mass is 19.1. The number of halogens is 1. The van der Waals surface area contributed by atoms with Gasteiger partial charge in [0, 0.05) is 18.2 Å². The number of rotatable bonds is 4. The zero-order valence-corrected chi connectivity index (χ0v) is 16.1. The zero-order chi connectivity index (χ0) is 21.1. The Morgan fingerprint density at radius 2 is 1.73 bits per heavy atom. The maximum Gasteiger partial charge on any atom is 0.314 e. The molecule has 0 aliphatic heterocycles. The Morgan fingerprint density at radius 1 is 1.03 bits per heavy atom. The smallest absolute Gasteiger partial charge is 0.314 e. The summed E-state index contributed by atoms with van der Waals surface area (Å²) in [5, 5.41) is 2.54. The normalized spacial score (nSPS) is 11.6. The van der Waals surface area contributed by atoms with Crippen LogP contribution in [0, 0.1) is 5.82 Å². The molecule has 0 unspecified atom stereocenters. The molecule has 0 bridgehead atoms. The number of aromatic nitrogens is 1. The lowest BCUT2D eigenvalue weighted by molar-refractivity contribution is 0.0963. The highest BCUT2D eigenvalue weighted by Gasteiger charge is 2.11. The van der Waals surface area contributed by atoms with Crippen molar-refractivity contribution >= 4 is 22.7 Å². The Balaban J connectivity index is 1.86. The first-order valence-electron chi connectivity index (χ1n) is 9.30. The number of carbonyl (C=O) groups excluding carboxylic acids is 1. The molecule has 0 spiro atoms. The Hall–Kier alpha value is -4.00. The largest absolute Gasteiger partial charge is 0.432 e. The van der Waals surface area contributed by atoms with E-state index in [2.05, 4.69) is 10.3 Å². The first kappa shape index (κ1) is 19.3. The second kappa shape index (κ2) is 8.16. The molecule has 4 rings (SSSR count). The van der Waals surface area contributed by atoms with Crippen molar-refractivity contribution in [1.82, 2.24) is 9.88 Å². The van der Waals surface area contributed by atoms with Gasteiger partial charge in [0.05, 0.1) is 17.7 Å². The number of amides is 1. The molecule has 7 heteroatoms. The lowest BCUT2D eigenvalue weighted by atomic mass is 10.2. The third kappa shape index (κ3) is 3.77. The molecule has 0 fully saturated rings. The number of nitrogens with zero attached hydrogens (tertiary/aromatic N) is 2. The first-order valence-corrected chi connectivity index (χ1v) is 9.30. The molecule has 0 atom stereocenters. The van der Waals surface area contributed by atoms with Gasteiger partial charge < -0.3 is 9.73 Å². The monoisotopic (exact) mass is 403 g/mol. The fourth-order valence-electron chi connectivity index (χ4n) is 3.11. The number of benzene rings is 3. The molecule has 6 nitrogen and oxygen atoms in total. The van der Waals surface area contributed by atoms with Crippen LogP contribution in [0.4, 0.5) is 10.1 Å². The summed E-state index contributed by atoms with van der Waals surface area (Å²) >= 11 is 0. The van der Waals surface area contributed by atoms with Crippen molar-refractivity contribution in [3.63, 3.8) is 0 Å². The van der Waals surface area contributed by atoms with Crippen molar-refractivity contribution in [2.45, 2.75) is 6.54 Å². The van der Waals surface area contributed by atoms with Crippen molar-refractivity contribution in [3.05, 3.63) is 106 Å². The van der Waals surface area contributed by atoms with Crippen LogP contribution in [0.15, 0.2) is 87.0 Å². The van der Waals surface area contributed by atoms with Crippen molar-refractivity contribution in [2.24, 2.45) is 4.99 Å². The van der Waals surface area contributed by atoms with Crippen LogP contribution in [0.3, 0.4) is 0 Å². The standard InChI is InChI=1S/C23H18FN3O3/c1-25-21(28)15-10-12-17(13-11-15)26-22-23(29)27(14-16-6-2-3-7-18(16)24)19-8-4-5-9-20(19)30-22/h2-13H,14H2,1H3,(H,25,28)/b26-22-. The van der Waals surface area contributed by atoms with Crippen LogP contribution in [-0.4, -0.2) is 17.5 Å². The summed E-state index contributed by atoms with van der Waals surface area (Å²) in [4.78, 5) is 29.1. The van der Waals surface area contributed by atoms with E-state index in [-0.39, 0.29) is 18.0 Å². The van der Waals surface area contributed by atoms with Gasteiger partial charge in [-0.1, -0.05) is 30.3 Å². The molecule has 1 heterocycles. The Morgan fingerprint density at radius 3 is 2.47 bits per heavy atom. The molecule has 30 heavy (non-hydrogen) atoms. The van der Waals surface area contributed by atoms with Gasteiger partial charge in [-0.2, -0.15) is 0 Å². The van der Waals surface area contributed by atoms with Gasteiger partial charge in [-0.15, -0.1) is 0 Å². The molecule has 4 aromatic rings. The zero-order valence-electron chi connectivity index (χ0n) is 16.1. The average molecular weight is 403 g/mol. The third-order valence-electron chi connectivity index (χ3n) is 4.66. The summed E-state index contributed by atoms with van der Waals surface area (Å²) in [5.74, 6) is -0.610. The van der Waals surface area contributed by atoms with Crippen molar-refractivity contribution in [1.29, 1.82) is 0 Å². The van der Waals surface area contributed by atoms with Crippen LogP contribution in [0.5, 0.6) is 0 Å². The first-order chi connectivity index (χ1) is 14.6. The quantitative estimate of drug-likeness (QED) is 0.568. The van der Waals surface area contributed by atoms with Crippen LogP contribution >= 0.6 is 0 Å². The van der Waals surface area contributed by atoms with E-state index in [4.69, 9.17) is 4.42 Å². The maximum atomic E-state index is 14.2. The van der Waals surface area contributed by atoms with E-state index in [0.29, 0.717) is 27.9 Å². The number of nitrogens with one attached hydrogen (secondary N) is 1. The summed E-state index contributed by atoms with van der Waals surface area (Å²) in [5.41, 5.74) is 1.70. The molecule has 0 saturated carbocycles. The summed E-state index contributed by atoms with van der Waals surface area (Å²) < 4.78 is 21.4. The maximum absolute atomic E-state index is 14.2. The highest BCUT2D eigenvalue weighted by Crippen LogP contribution is 2.15. The van der Waals surface area contributed by atoms with E-state index in [9.17, 15) is 14.0 Å². The van der Waals surface area contributed by atoms with Gasteiger partial charge in [0.1, 0.15) is 5.82 Å². The summed E-state index contributed by atoms with van der Waals surface area (Å²) in [6.07, 6.45) is 0. The molecule has 1 aromatic heterocycles. The van der Waals surface area contributed by atoms with Gasteiger partial charge in [0.2, 0.25) is 0 Å². The van der Waals surface area contributed by atoms with Crippen molar-refractivity contribution in [2.75, 3.05) is 7.05 Å². The van der Waals surface area contributed by atoms with Gasteiger partial charge in [-0.25, -0.2) is 9.38 Å². The molecular weight excluding hydrogens is 385 g/mol. The summed E-state index contributed by atoms with van der Waals surface area (Å²) in [7, 11) is 1.55. The van der Waals surface area contributed by atoms with Gasteiger partial charge in [0.15, 0.2) is 5.58 Å². The molecule has 3 aromatic carbocycles. The minimum atomic E-state index is -0.479. The average Bonchev–Trinajstić information content (AvgIpc) is 2.78. The fraction of sp³-hybridized carbons (Fsp3) is 0.0870. The SMILES string of the molecule is CNC(=O)c1ccc(/N=c2\oc3ccccc3n(Cc3ccccc3F)c2=O)cc1. The topological polar surface area (TPSA) is 76.6 Å². The van der Waals surface area contributed by atoms with Crippen LogP contribution < -0.4 is 16.4 Å². The fourth-order valence-corrected chi connectivity index (χ4v) is 3.11. The summed E-state index contributed by atoms with van der Waals surface area (Å²) in [6, 6.07) is 19.8. The van der Waals surface area contributed by atoms with Crippen LogP contribution in [0.25, 0.3) is 11.1 Å². The number of hydrogen-bond acceptors (Lipinski definition) is 4. The number of fused-ring (bicyclic) bond motifs is 1. The van der Waals surface area contributed by atoms with Gasteiger partial charge in [-0.3, -0.25) is 14.2 Å². The second-order valence-electron chi connectivity index (χ2n) is 6.60. The molecule has 0 saturated heterocycles. The third-order valence-corrected chi connectivity index (χ3v) is 4.66. The minimum Gasteiger partial charge on any atom is -0.432 e. The highest BCUT2D eigenvalue weighted by molar-refractivity contribution is 5.94. The van der Waals surface area contributed by atoms with E-state index in [1.54, 1.807) is 73.8 Å². The number of para-hydroxylation sites is 2. The predicted octanol–water partition coefficient (Wildman–Crippen LogP) is 3.37. The molecule has 0 radical (unpaired) electrons. The molecule has 0 aliphatic rings. The van der Waals surface area contributed by atoms with Crippen molar-refractivity contribution < 1.29 is 13.6 Å². The molecule has 1 N–H and O–H groups in total. The second-order valence-corrected chi connectivity index (χ2v) is 6.60. The lowest BCUT2D eigenvalue weighted by Crippen LogP contribution is -2.35. The minimum absolute atomic E-state index is 0.0422. The lowest BCUT2D eigenvalue weighted by Gasteiger charge is -2.10. The Labute approximate surface area is 170 Å². The van der Waals surface area contributed by atoms with Crippen LogP contribution in [0.2, 0.25) is 0 Å². The van der Waals surface area contributed by atoms with Crippen LogP contribution in [0.1, 0.15) is 15.9 Å². The summed E-state index contributed by atoms with van der Waals surface area (Å²) in [6.45, 7) is 0.0422. The van der Waals surface area contributed by atoms with E-state index in [1.807, 2.05) is 0 Å². The van der Waals surface area contributed by atoms with Crippen molar-refractivity contribution in [3.8, 4) is 0 Å².